The zero-order valence-corrected chi connectivity index (χ0v) is 21.3. The Morgan fingerprint density at radius 3 is 2.48 bits per heavy atom. The van der Waals surface area contributed by atoms with Crippen LogP contribution in [0.1, 0.15) is 87.2 Å². The average molecular weight is 470 g/mol. The molecule has 1 aliphatic heterocycles. The molecule has 0 unspecified atom stereocenters. The lowest BCUT2D eigenvalue weighted by atomic mass is 9.83. The van der Waals surface area contributed by atoms with Gasteiger partial charge in [0.2, 0.25) is 5.91 Å². The van der Waals surface area contributed by atoms with Crippen molar-refractivity contribution in [3.63, 3.8) is 0 Å². The number of hydrogen-bond acceptors (Lipinski definition) is 5. The number of esters is 1. The second kappa shape index (κ2) is 9.27. The number of carbonyl (C=O) groups excluding carboxylic acids is 2. The summed E-state index contributed by atoms with van der Waals surface area (Å²) >= 11 is 1.32. The van der Waals surface area contributed by atoms with Gasteiger partial charge >= 0.3 is 5.97 Å². The maximum Gasteiger partial charge on any atom is 0.350 e. The standard InChI is InChI=1S/C27H35NO4S/c1-18-6-8-19(9-7-18)24(29)28(20-10-14-27(15-11-20)17-32-27)22-16-21(12-13-26(2,3)4)33-23(22)25(30)31-5/h6,16,19-20H,7-11,14-15,17H2,1-5H3/t19-,20-,27+/m0/s1. The summed E-state index contributed by atoms with van der Waals surface area (Å²) in [6.45, 7) is 9.13. The first-order valence-corrected chi connectivity index (χ1v) is 12.8. The number of methoxy groups -OCH3 is 1. The minimum atomic E-state index is -0.409. The van der Waals surface area contributed by atoms with E-state index >= 15 is 0 Å². The van der Waals surface area contributed by atoms with Crippen molar-refractivity contribution in [1.29, 1.82) is 0 Å². The molecule has 0 N–H and O–H groups in total. The lowest BCUT2D eigenvalue weighted by Gasteiger charge is -2.38. The minimum Gasteiger partial charge on any atom is -0.465 e. The van der Waals surface area contributed by atoms with E-state index in [0.29, 0.717) is 10.6 Å². The zero-order chi connectivity index (χ0) is 23.8. The van der Waals surface area contributed by atoms with E-state index in [1.807, 2.05) is 11.0 Å². The molecule has 1 spiro atoms. The fourth-order valence-electron chi connectivity index (χ4n) is 4.77. The summed E-state index contributed by atoms with van der Waals surface area (Å²) in [7, 11) is 1.39. The molecule has 1 saturated carbocycles. The molecule has 1 saturated heterocycles. The van der Waals surface area contributed by atoms with Gasteiger partial charge in [0.05, 0.1) is 29.9 Å². The van der Waals surface area contributed by atoms with Crippen LogP contribution in [0.5, 0.6) is 0 Å². The van der Waals surface area contributed by atoms with Crippen LogP contribution in [0.3, 0.4) is 0 Å². The molecule has 6 heteroatoms. The Kier molecular flexibility index (Phi) is 6.75. The van der Waals surface area contributed by atoms with E-state index in [2.05, 4.69) is 45.6 Å². The first-order chi connectivity index (χ1) is 15.6. The van der Waals surface area contributed by atoms with Crippen molar-refractivity contribution in [2.24, 2.45) is 11.3 Å². The van der Waals surface area contributed by atoms with Crippen LogP contribution in [-0.4, -0.2) is 37.2 Å². The van der Waals surface area contributed by atoms with Crippen LogP contribution < -0.4 is 4.90 Å². The largest absolute Gasteiger partial charge is 0.465 e. The number of ether oxygens (including phenoxy) is 2. The maximum absolute atomic E-state index is 14.0. The Balaban J connectivity index is 1.72. The first kappa shape index (κ1) is 24.0. The second-order valence-corrected chi connectivity index (χ2v) is 11.8. The van der Waals surface area contributed by atoms with Crippen molar-refractivity contribution in [3.05, 3.63) is 27.5 Å². The third kappa shape index (κ3) is 5.53. The zero-order valence-electron chi connectivity index (χ0n) is 20.5. The number of allylic oxidation sites excluding steroid dienone is 2. The number of hydrogen-bond donors (Lipinski definition) is 0. The van der Waals surface area contributed by atoms with Crippen LogP contribution >= 0.6 is 11.3 Å². The summed E-state index contributed by atoms with van der Waals surface area (Å²) < 4.78 is 10.8. The van der Waals surface area contributed by atoms with Gasteiger partial charge in [-0.15, -0.1) is 11.3 Å². The summed E-state index contributed by atoms with van der Waals surface area (Å²) in [5.74, 6) is 6.13. The van der Waals surface area contributed by atoms with Gasteiger partial charge in [-0.25, -0.2) is 4.79 Å². The monoisotopic (exact) mass is 469 g/mol. The predicted molar refractivity (Wildman–Crippen MR) is 132 cm³/mol. The summed E-state index contributed by atoms with van der Waals surface area (Å²) in [5, 5.41) is 0. The number of thiophene rings is 1. The fraction of sp³-hybridized carbons (Fsp3) is 0.630. The molecule has 3 aliphatic rings. The molecule has 5 nitrogen and oxygen atoms in total. The summed E-state index contributed by atoms with van der Waals surface area (Å²) in [6, 6.07) is 1.98. The molecule has 2 aliphatic carbocycles. The van der Waals surface area contributed by atoms with Crippen LogP contribution in [0, 0.1) is 23.2 Å². The van der Waals surface area contributed by atoms with Gasteiger partial charge in [0.15, 0.2) is 0 Å². The number of carbonyl (C=O) groups is 2. The molecule has 2 fully saturated rings. The lowest BCUT2D eigenvalue weighted by Crippen LogP contribution is -2.47. The number of nitrogens with zero attached hydrogens (tertiary/aromatic N) is 1. The van der Waals surface area contributed by atoms with E-state index in [4.69, 9.17) is 9.47 Å². The van der Waals surface area contributed by atoms with E-state index in [9.17, 15) is 9.59 Å². The van der Waals surface area contributed by atoms with Crippen LogP contribution in [0.2, 0.25) is 0 Å². The highest BCUT2D eigenvalue weighted by Gasteiger charge is 2.49. The SMILES string of the molecule is COC(=O)c1sc(C#CC(C)(C)C)cc1N(C(=O)[C@H]1CC=C(C)CC1)[C@H]1CC[C@@]2(CC1)CO2. The van der Waals surface area contributed by atoms with Crippen LogP contribution in [-0.2, 0) is 14.3 Å². The highest BCUT2D eigenvalue weighted by molar-refractivity contribution is 7.15. The second-order valence-electron chi connectivity index (χ2n) is 10.7. The number of anilines is 1. The lowest BCUT2D eigenvalue weighted by molar-refractivity contribution is -0.123. The van der Waals surface area contributed by atoms with E-state index in [1.165, 1.54) is 24.0 Å². The Labute approximate surface area is 201 Å². The topological polar surface area (TPSA) is 59.1 Å². The van der Waals surface area contributed by atoms with Crippen LogP contribution in [0.15, 0.2) is 17.7 Å². The highest BCUT2D eigenvalue weighted by atomic mass is 32.1. The third-order valence-electron chi connectivity index (χ3n) is 6.91. The summed E-state index contributed by atoms with van der Waals surface area (Å²) in [6.07, 6.45) is 8.43. The molecule has 4 rings (SSSR count). The molecule has 0 aromatic carbocycles. The molecule has 0 radical (unpaired) electrons. The molecular formula is C27H35NO4S. The van der Waals surface area contributed by atoms with E-state index in [1.54, 1.807) is 0 Å². The van der Waals surface area contributed by atoms with Gasteiger partial charge in [-0.3, -0.25) is 4.79 Å². The smallest absolute Gasteiger partial charge is 0.350 e. The number of epoxide rings is 1. The van der Waals surface area contributed by atoms with Crippen LogP contribution in [0.25, 0.3) is 0 Å². The van der Waals surface area contributed by atoms with E-state index < -0.39 is 5.97 Å². The van der Waals surface area contributed by atoms with Crippen molar-refractivity contribution < 1.29 is 19.1 Å². The van der Waals surface area contributed by atoms with Crippen molar-refractivity contribution in [3.8, 4) is 11.8 Å². The van der Waals surface area contributed by atoms with Gasteiger partial charge in [-0.2, -0.15) is 0 Å². The molecule has 33 heavy (non-hydrogen) atoms. The molecule has 178 valence electrons. The Hall–Kier alpha value is -2.10. The van der Waals surface area contributed by atoms with Gasteiger partial charge in [-0.1, -0.05) is 23.5 Å². The molecule has 1 atom stereocenters. The quantitative estimate of drug-likeness (QED) is 0.245. The van der Waals surface area contributed by atoms with Gasteiger partial charge < -0.3 is 14.4 Å². The number of rotatable bonds is 4. The maximum atomic E-state index is 14.0. The van der Waals surface area contributed by atoms with Gasteiger partial charge in [-0.05, 0) is 78.7 Å². The third-order valence-corrected chi connectivity index (χ3v) is 7.93. The van der Waals surface area contributed by atoms with Gasteiger partial charge in [0.25, 0.3) is 0 Å². The minimum absolute atomic E-state index is 0.0407. The van der Waals surface area contributed by atoms with Crippen molar-refractivity contribution in [2.45, 2.75) is 84.3 Å². The van der Waals surface area contributed by atoms with E-state index in [-0.39, 0.29) is 28.9 Å². The first-order valence-electron chi connectivity index (χ1n) is 12.0. The molecule has 0 bridgehead atoms. The average Bonchev–Trinajstić information content (AvgIpc) is 3.40. The molecule has 1 amide bonds. The van der Waals surface area contributed by atoms with Crippen molar-refractivity contribution in [1.82, 2.24) is 0 Å². The summed E-state index contributed by atoms with van der Waals surface area (Å²) in [5.41, 5.74) is 1.90. The van der Waals surface area contributed by atoms with Crippen molar-refractivity contribution in [2.75, 3.05) is 18.6 Å². The highest BCUT2D eigenvalue weighted by Crippen LogP contribution is 2.45. The van der Waals surface area contributed by atoms with Gasteiger partial charge in [0.1, 0.15) is 4.88 Å². The predicted octanol–water partition coefficient (Wildman–Crippen LogP) is 5.72. The van der Waals surface area contributed by atoms with Crippen molar-refractivity contribution >= 4 is 28.9 Å². The van der Waals surface area contributed by atoms with Crippen LogP contribution in [0.4, 0.5) is 5.69 Å². The van der Waals surface area contributed by atoms with Gasteiger partial charge in [0, 0.05) is 17.4 Å². The Bertz CT molecular complexity index is 1010. The molecule has 2 heterocycles. The Morgan fingerprint density at radius 1 is 1.24 bits per heavy atom. The molecular weight excluding hydrogens is 434 g/mol. The Morgan fingerprint density at radius 2 is 1.94 bits per heavy atom. The molecule has 1 aromatic heterocycles. The molecule has 1 aromatic rings. The normalized spacial score (nSPS) is 26.8. The number of amides is 1. The fourth-order valence-corrected chi connectivity index (χ4v) is 5.69. The van der Waals surface area contributed by atoms with E-state index in [0.717, 1.165) is 56.4 Å². The summed E-state index contributed by atoms with van der Waals surface area (Å²) in [4.78, 5) is 29.9.